The van der Waals surface area contributed by atoms with Crippen molar-refractivity contribution < 1.29 is 8.78 Å². The molecule has 3 nitrogen and oxygen atoms in total. The van der Waals surface area contributed by atoms with E-state index in [1.54, 1.807) is 12.1 Å². The number of amidine groups is 1. The van der Waals surface area contributed by atoms with Crippen LogP contribution in [-0.2, 0) is 5.54 Å². The molecular formula is C19H18ClF2N3S. The minimum Gasteiger partial charge on any atom is -0.379 e. The largest absolute Gasteiger partial charge is 0.379 e. The van der Waals surface area contributed by atoms with Crippen LogP contribution in [0.3, 0.4) is 0 Å². The smallest absolute Gasteiger partial charge is 0.155 e. The van der Waals surface area contributed by atoms with E-state index in [0.29, 0.717) is 27.7 Å². The number of aromatic nitrogens is 1. The number of nitrogens with zero attached hydrogens (tertiary/aromatic N) is 2. The molecule has 1 aromatic heterocycles. The molecule has 1 aliphatic rings. The topological polar surface area (TPSA) is 51.3 Å². The number of pyridine rings is 1. The summed E-state index contributed by atoms with van der Waals surface area (Å²) in [4.78, 5) is 8.41. The lowest BCUT2D eigenvalue weighted by molar-refractivity contribution is 0.427. The molecule has 0 saturated carbocycles. The Morgan fingerprint density at radius 2 is 2.15 bits per heavy atom. The van der Waals surface area contributed by atoms with E-state index in [2.05, 4.69) is 9.98 Å². The van der Waals surface area contributed by atoms with Gasteiger partial charge in [-0.2, -0.15) is 0 Å². The number of halogens is 3. The van der Waals surface area contributed by atoms with Crippen LogP contribution in [0.2, 0.25) is 5.02 Å². The third-order valence-electron chi connectivity index (χ3n) is 4.20. The second-order valence-corrected chi connectivity index (χ2v) is 8.34. The minimum atomic E-state index is -0.780. The van der Waals surface area contributed by atoms with Crippen LogP contribution in [0.4, 0.5) is 8.78 Å². The fraction of sp³-hybridized carbons (Fsp3) is 0.263. The van der Waals surface area contributed by atoms with Crippen LogP contribution in [-0.4, -0.2) is 15.4 Å². The van der Waals surface area contributed by atoms with E-state index in [0.717, 1.165) is 0 Å². The Hall–Kier alpha value is -1.92. The van der Waals surface area contributed by atoms with Gasteiger partial charge >= 0.3 is 0 Å². The number of aliphatic imine (C=N–C) groups is 1. The normalized spacial score (nSPS) is 23.7. The van der Waals surface area contributed by atoms with Gasteiger partial charge in [0.25, 0.3) is 0 Å². The first kappa shape index (κ1) is 18.9. The SMILES string of the molecule is C[C@H]1C[C@@](C)(c2cc(/C=C(\F)c3ccc(Cl)cn3)ccc2F)N=C(N)S1. The van der Waals surface area contributed by atoms with Gasteiger partial charge in [-0.3, -0.25) is 9.98 Å². The molecule has 136 valence electrons. The van der Waals surface area contributed by atoms with Crippen LogP contribution >= 0.6 is 23.4 Å². The van der Waals surface area contributed by atoms with Gasteiger partial charge in [0.15, 0.2) is 5.17 Å². The van der Waals surface area contributed by atoms with E-state index in [4.69, 9.17) is 17.3 Å². The van der Waals surface area contributed by atoms with Gasteiger partial charge in [-0.15, -0.1) is 0 Å². The Labute approximate surface area is 160 Å². The summed E-state index contributed by atoms with van der Waals surface area (Å²) in [6.07, 6.45) is 3.33. The highest BCUT2D eigenvalue weighted by Crippen LogP contribution is 2.40. The fourth-order valence-electron chi connectivity index (χ4n) is 3.08. The van der Waals surface area contributed by atoms with E-state index in [-0.39, 0.29) is 16.8 Å². The maximum atomic E-state index is 14.5. The number of rotatable bonds is 3. The van der Waals surface area contributed by atoms with Crippen LogP contribution in [0.5, 0.6) is 0 Å². The summed E-state index contributed by atoms with van der Waals surface area (Å²) in [7, 11) is 0. The summed E-state index contributed by atoms with van der Waals surface area (Å²) in [5.74, 6) is -0.912. The zero-order chi connectivity index (χ0) is 18.9. The van der Waals surface area contributed by atoms with Crippen LogP contribution in [0.25, 0.3) is 11.9 Å². The molecule has 2 heterocycles. The molecule has 3 rings (SSSR count). The Balaban J connectivity index is 1.99. The predicted molar refractivity (Wildman–Crippen MR) is 105 cm³/mol. The van der Waals surface area contributed by atoms with Gasteiger partial charge in [-0.1, -0.05) is 36.4 Å². The van der Waals surface area contributed by atoms with Crippen molar-refractivity contribution in [2.75, 3.05) is 0 Å². The summed E-state index contributed by atoms with van der Waals surface area (Å²) in [6, 6.07) is 7.52. The van der Waals surface area contributed by atoms with Crippen LogP contribution in [0.1, 0.15) is 37.1 Å². The summed E-state index contributed by atoms with van der Waals surface area (Å²) in [5.41, 5.74) is 6.20. The third-order valence-corrected chi connectivity index (χ3v) is 5.33. The Kier molecular flexibility index (Phi) is 5.34. The lowest BCUT2D eigenvalue weighted by Gasteiger charge is -2.33. The van der Waals surface area contributed by atoms with Crippen molar-refractivity contribution in [3.63, 3.8) is 0 Å². The molecule has 2 aromatic rings. The highest BCUT2D eigenvalue weighted by atomic mass is 35.5. The van der Waals surface area contributed by atoms with Crippen molar-refractivity contribution in [1.82, 2.24) is 4.98 Å². The molecule has 0 unspecified atom stereocenters. The molecule has 0 radical (unpaired) electrons. The fourth-order valence-corrected chi connectivity index (χ4v) is 4.26. The van der Waals surface area contributed by atoms with Crippen LogP contribution in [0.15, 0.2) is 41.5 Å². The maximum Gasteiger partial charge on any atom is 0.155 e. The first-order valence-electron chi connectivity index (χ1n) is 8.08. The van der Waals surface area contributed by atoms with Gasteiger partial charge < -0.3 is 5.73 Å². The summed E-state index contributed by atoms with van der Waals surface area (Å²) < 4.78 is 29.0. The Bertz CT molecular complexity index is 883. The van der Waals surface area contributed by atoms with Gasteiger partial charge in [0.2, 0.25) is 0 Å². The van der Waals surface area contributed by atoms with Gasteiger partial charge in [-0.05, 0) is 49.2 Å². The monoisotopic (exact) mass is 393 g/mol. The molecule has 0 saturated heterocycles. The minimum absolute atomic E-state index is 0.163. The van der Waals surface area contributed by atoms with Gasteiger partial charge in [0.1, 0.15) is 11.6 Å². The summed E-state index contributed by atoms with van der Waals surface area (Å²) in [6.45, 7) is 3.87. The van der Waals surface area contributed by atoms with E-state index in [9.17, 15) is 8.78 Å². The van der Waals surface area contributed by atoms with Gasteiger partial charge in [0, 0.05) is 17.0 Å². The van der Waals surface area contributed by atoms with Crippen molar-refractivity contribution in [3.8, 4) is 0 Å². The number of hydrogen-bond acceptors (Lipinski definition) is 4. The van der Waals surface area contributed by atoms with Crippen molar-refractivity contribution in [2.45, 2.75) is 31.1 Å². The molecule has 7 heteroatoms. The Morgan fingerprint density at radius 1 is 1.38 bits per heavy atom. The zero-order valence-corrected chi connectivity index (χ0v) is 15.9. The molecular weight excluding hydrogens is 376 g/mol. The van der Waals surface area contributed by atoms with Crippen LogP contribution < -0.4 is 5.73 Å². The summed E-state index contributed by atoms with van der Waals surface area (Å²) >= 11 is 7.24. The van der Waals surface area contributed by atoms with Crippen molar-refractivity contribution in [2.24, 2.45) is 10.7 Å². The molecule has 0 spiro atoms. The molecule has 26 heavy (non-hydrogen) atoms. The standard InChI is InChI=1S/C19H18ClF2N3S/c1-11-9-19(2,25-18(23)26-11)14-7-12(3-5-15(14)21)8-16(22)17-6-4-13(20)10-24-17/h3-8,10-11H,9H2,1-2H3,(H2,23,25)/b16-8-/t11-,19-/m0/s1. The molecule has 2 atom stereocenters. The lowest BCUT2D eigenvalue weighted by Crippen LogP contribution is -2.33. The number of hydrogen-bond donors (Lipinski definition) is 1. The summed E-state index contributed by atoms with van der Waals surface area (Å²) in [5, 5.41) is 1.08. The van der Waals surface area contributed by atoms with Crippen molar-refractivity contribution in [1.29, 1.82) is 0 Å². The molecule has 1 aliphatic heterocycles. The lowest BCUT2D eigenvalue weighted by atomic mass is 9.86. The van der Waals surface area contributed by atoms with Crippen molar-refractivity contribution in [3.05, 3.63) is 64.2 Å². The van der Waals surface area contributed by atoms with E-state index in [1.807, 2.05) is 13.8 Å². The number of nitrogens with two attached hydrogens (primary N) is 1. The second-order valence-electron chi connectivity index (χ2n) is 6.45. The van der Waals surface area contributed by atoms with E-state index >= 15 is 0 Å². The molecule has 0 amide bonds. The highest BCUT2D eigenvalue weighted by molar-refractivity contribution is 8.14. The molecule has 0 fully saturated rings. The average molecular weight is 394 g/mol. The second kappa shape index (κ2) is 7.37. The zero-order valence-electron chi connectivity index (χ0n) is 14.3. The number of thioether (sulfide) groups is 1. The predicted octanol–water partition coefficient (Wildman–Crippen LogP) is 5.40. The Morgan fingerprint density at radius 3 is 2.81 bits per heavy atom. The quantitative estimate of drug-likeness (QED) is 0.759. The molecule has 1 aromatic carbocycles. The molecule has 0 bridgehead atoms. The van der Waals surface area contributed by atoms with Crippen molar-refractivity contribution >= 4 is 40.4 Å². The first-order valence-corrected chi connectivity index (χ1v) is 9.34. The maximum absolute atomic E-state index is 14.5. The third kappa shape index (κ3) is 4.07. The van der Waals surface area contributed by atoms with E-state index in [1.165, 1.54) is 42.2 Å². The van der Waals surface area contributed by atoms with Gasteiger partial charge in [0.05, 0.1) is 16.3 Å². The van der Waals surface area contributed by atoms with Crippen LogP contribution in [0, 0.1) is 5.82 Å². The highest BCUT2D eigenvalue weighted by Gasteiger charge is 2.35. The number of benzene rings is 1. The molecule has 0 aliphatic carbocycles. The van der Waals surface area contributed by atoms with E-state index < -0.39 is 11.4 Å². The first-order chi connectivity index (χ1) is 12.3. The van der Waals surface area contributed by atoms with Gasteiger partial charge in [-0.25, -0.2) is 8.78 Å². The average Bonchev–Trinajstić information content (AvgIpc) is 2.55. The molecule has 2 N–H and O–H groups in total.